The van der Waals surface area contributed by atoms with Crippen molar-refractivity contribution in [3.63, 3.8) is 0 Å². The van der Waals surface area contributed by atoms with Crippen molar-refractivity contribution in [2.24, 2.45) is 0 Å². The summed E-state index contributed by atoms with van der Waals surface area (Å²) in [5.74, 6) is -1.65. The number of ether oxygens (including phenoxy) is 2. The van der Waals surface area contributed by atoms with Gasteiger partial charge < -0.3 is 20.1 Å². The van der Waals surface area contributed by atoms with E-state index in [0.717, 1.165) is 5.56 Å². The van der Waals surface area contributed by atoms with Crippen LogP contribution in [0.25, 0.3) is 0 Å². The molecule has 3 rings (SSSR count). The summed E-state index contributed by atoms with van der Waals surface area (Å²) in [6.45, 7) is 1.27. The molecule has 0 saturated heterocycles. The number of rotatable bonds is 10. The predicted octanol–water partition coefficient (Wildman–Crippen LogP) is 3.60. The number of carbonyl (C=O) groups is 3. The molecule has 0 bridgehead atoms. The van der Waals surface area contributed by atoms with Crippen molar-refractivity contribution in [3.05, 3.63) is 83.9 Å². The number of aryl methyl sites for hydroxylation is 1. The van der Waals surface area contributed by atoms with Crippen LogP contribution in [-0.2, 0) is 24.2 Å². The van der Waals surface area contributed by atoms with E-state index in [1.165, 1.54) is 43.5 Å². The SMILES string of the molecule is COc1ccccc1NC(=O)c1ccc(NC(=O)COC(=O)CCS(=O)(=O)c2ccc(C)cc2)cc1. The third kappa shape index (κ3) is 7.41. The fraction of sp³-hybridized carbons (Fsp3) is 0.192. The molecule has 0 aliphatic heterocycles. The number of carbonyl (C=O) groups excluding carboxylic acids is 3. The Morgan fingerprint density at radius 1 is 0.861 bits per heavy atom. The highest BCUT2D eigenvalue weighted by Gasteiger charge is 2.18. The van der Waals surface area contributed by atoms with Crippen LogP contribution in [0.2, 0.25) is 0 Å². The number of hydrogen-bond donors (Lipinski definition) is 2. The van der Waals surface area contributed by atoms with Gasteiger partial charge in [0.25, 0.3) is 11.8 Å². The van der Waals surface area contributed by atoms with Gasteiger partial charge in [0, 0.05) is 11.3 Å². The predicted molar refractivity (Wildman–Crippen MR) is 135 cm³/mol. The van der Waals surface area contributed by atoms with Crippen molar-refractivity contribution < 1.29 is 32.3 Å². The quantitative estimate of drug-likeness (QED) is 0.399. The summed E-state index contributed by atoms with van der Waals surface area (Å²) in [6, 6.07) is 19.4. The van der Waals surface area contributed by atoms with E-state index in [9.17, 15) is 22.8 Å². The van der Waals surface area contributed by atoms with Crippen LogP contribution in [0.3, 0.4) is 0 Å². The molecule has 0 fully saturated rings. The van der Waals surface area contributed by atoms with Gasteiger partial charge in [0.1, 0.15) is 5.75 Å². The summed E-state index contributed by atoms with van der Waals surface area (Å²) < 4.78 is 34.7. The van der Waals surface area contributed by atoms with E-state index in [0.29, 0.717) is 22.7 Å². The lowest BCUT2D eigenvalue weighted by Crippen LogP contribution is -2.22. The van der Waals surface area contributed by atoms with Crippen LogP contribution in [0.5, 0.6) is 5.75 Å². The van der Waals surface area contributed by atoms with Gasteiger partial charge in [0.15, 0.2) is 16.4 Å². The van der Waals surface area contributed by atoms with E-state index in [2.05, 4.69) is 10.6 Å². The number of methoxy groups -OCH3 is 1. The molecule has 0 aromatic heterocycles. The van der Waals surface area contributed by atoms with Crippen LogP contribution in [0.15, 0.2) is 77.7 Å². The molecule has 0 unspecified atom stereocenters. The number of para-hydroxylation sites is 2. The topological polar surface area (TPSA) is 128 Å². The van der Waals surface area contributed by atoms with E-state index in [4.69, 9.17) is 9.47 Å². The van der Waals surface area contributed by atoms with E-state index < -0.39 is 34.1 Å². The first-order valence-corrected chi connectivity index (χ1v) is 12.6. The fourth-order valence-corrected chi connectivity index (χ4v) is 4.37. The van der Waals surface area contributed by atoms with Crippen LogP contribution in [-0.4, -0.2) is 45.7 Å². The highest BCUT2D eigenvalue weighted by molar-refractivity contribution is 7.91. The van der Waals surface area contributed by atoms with Crippen LogP contribution < -0.4 is 15.4 Å². The second kappa shape index (κ2) is 12.0. The minimum atomic E-state index is -3.64. The largest absolute Gasteiger partial charge is 0.495 e. The van der Waals surface area contributed by atoms with Crippen LogP contribution in [0, 0.1) is 6.92 Å². The lowest BCUT2D eigenvalue weighted by atomic mass is 10.2. The van der Waals surface area contributed by atoms with Gasteiger partial charge >= 0.3 is 5.97 Å². The first-order chi connectivity index (χ1) is 17.2. The van der Waals surface area contributed by atoms with E-state index in [1.54, 1.807) is 36.4 Å². The molecule has 0 heterocycles. The number of benzene rings is 3. The lowest BCUT2D eigenvalue weighted by Gasteiger charge is -2.10. The highest BCUT2D eigenvalue weighted by Crippen LogP contribution is 2.24. The summed E-state index contributed by atoms with van der Waals surface area (Å²) >= 11 is 0. The molecule has 2 amide bonds. The molecular formula is C26H26N2O7S. The van der Waals surface area contributed by atoms with Gasteiger partial charge in [-0.1, -0.05) is 29.8 Å². The molecule has 0 atom stereocenters. The Labute approximate surface area is 209 Å². The fourth-order valence-electron chi connectivity index (χ4n) is 3.14. The van der Waals surface area contributed by atoms with Crippen molar-refractivity contribution in [3.8, 4) is 5.75 Å². The zero-order valence-electron chi connectivity index (χ0n) is 19.8. The average Bonchev–Trinajstić information content (AvgIpc) is 2.87. The Bertz CT molecular complexity index is 1340. The second-order valence-corrected chi connectivity index (χ2v) is 9.93. The third-order valence-electron chi connectivity index (χ3n) is 5.11. The third-order valence-corrected chi connectivity index (χ3v) is 6.84. The molecule has 0 aliphatic rings. The molecule has 36 heavy (non-hydrogen) atoms. The summed E-state index contributed by atoms with van der Waals surface area (Å²) in [6.07, 6.45) is -0.375. The first kappa shape index (κ1) is 26.4. The number of sulfone groups is 1. The molecular weight excluding hydrogens is 484 g/mol. The standard InChI is InChI=1S/C26H26N2O7S/c1-18-7-13-21(14-8-18)36(32,33)16-15-25(30)35-17-24(29)27-20-11-9-19(10-12-20)26(31)28-22-5-3-4-6-23(22)34-2/h3-14H,15-17H2,1-2H3,(H,27,29)(H,28,31). The number of esters is 1. The number of anilines is 2. The lowest BCUT2D eigenvalue weighted by molar-refractivity contribution is -0.146. The van der Waals surface area contributed by atoms with Gasteiger partial charge in [0.05, 0.1) is 29.9 Å². The first-order valence-electron chi connectivity index (χ1n) is 11.0. The Morgan fingerprint density at radius 2 is 1.53 bits per heavy atom. The molecule has 0 radical (unpaired) electrons. The normalized spacial score (nSPS) is 10.8. The smallest absolute Gasteiger partial charge is 0.307 e. The Balaban J connectivity index is 1.45. The molecule has 0 saturated carbocycles. The molecule has 9 nitrogen and oxygen atoms in total. The monoisotopic (exact) mass is 510 g/mol. The van der Waals surface area contributed by atoms with Crippen LogP contribution in [0.1, 0.15) is 22.3 Å². The maximum Gasteiger partial charge on any atom is 0.307 e. The van der Waals surface area contributed by atoms with E-state index in [1.807, 2.05) is 6.92 Å². The van der Waals surface area contributed by atoms with Gasteiger partial charge in [-0.2, -0.15) is 0 Å². The van der Waals surface area contributed by atoms with Crippen LogP contribution in [0.4, 0.5) is 11.4 Å². The number of hydrogen-bond acceptors (Lipinski definition) is 7. The maximum atomic E-state index is 12.5. The van der Waals surface area contributed by atoms with Crippen molar-refractivity contribution >= 4 is 39.0 Å². The molecule has 10 heteroatoms. The van der Waals surface area contributed by atoms with Crippen LogP contribution >= 0.6 is 0 Å². The highest BCUT2D eigenvalue weighted by atomic mass is 32.2. The zero-order valence-corrected chi connectivity index (χ0v) is 20.6. The second-order valence-electron chi connectivity index (χ2n) is 7.82. The van der Waals surface area contributed by atoms with Crippen molar-refractivity contribution in [1.29, 1.82) is 0 Å². The van der Waals surface area contributed by atoms with E-state index >= 15 is 0 Å². The van der Waals surface area contributed by atoms with Gasteiger partial charge in [-0.05, 0) is 55.5 Å². The summed E-state index contributed by atoms with van der Waals surface area (Å²) in [5.41, 5.74) is 2.20. The Kier molecular flexibility index (Phi) is 8.80. The summed E-state index contributed by atoms with van der Waals surface area (Å²) in [5, 5.41) is 5.30. The van der Waals surface area contributed by atoms with E-state index in [-0.39, 0.29) is 17.2 Å². The summed E-state index contributed by atoms with van der Waals surface area (Å²) in [4.78, 5) is 36.6. The molecule has 3 aromatic carbocycles. The molecule has 0 spiro atoms. The minimum Gasteiger partial charge on any atom is -0.495 e. The van der Waals surface area contributed by atoms with Crippen molar-refractivity contribution in [1.82, 2.24) is 0 Å². The Morgan fingerprint density at radius 3 is 2.19 bits per heavy atom. The van der Waals surface area contributed by atoms with Gasteiger partial charge in [-0.15, -0.1) is 0 Å². The van der Waals surface area contributed by atoms with Gasteiger partial charge in [0.2, 0.25) is 0 Å². The Hall–Kier alpha value is -4.18. The minimum absolute atomic E-state index is 0.124. The van der Waals surface area contributed by atoms with Crippen molar-refractivity contribution in [2.45, 2.75) is 18.2 Å². The molecule has 2 N–H and O–H groups in total. The average molecular weight is 511 g/mol. The maximum absolute atomic E-state index is 12.5. The number of nitrogens with one attached hydrogen (secondary N) is 2. The zero-order chi connectivity index (χ0) is 26.1. The molecule has 188 valence electrons. The number of amides is 2. The van der Waals surface area contributed by atoms with Gasteiger partial charge in [-0.25, -0.2) is 8.42 Å². The molecule has 3 aromatic rings. The van der Waals surface area contributed by atoms with Crippen molar-refractivity contribution in [2.75, 3.05) is 30.1 Å². The summed E-state index contributed by atoms with van der Waals surface area (Å²) in [7, 11) is -2.13. The molecule has 0 aliphatic carbocycles. The van der Waals surface area contributed by atoms with Gasteiger partial charge in [-0.3, -0.25) is 14.4 Å².